The molecule has 1 aromatic rings. The maximum absolute atomic E-state index is 9.07. The lowest BCUT2D eigenvalue weighted by atomic mass is 9.91. The summed E-state index contributed by atoms with van der Waals surface area (Å²) in [4.78, 5) is 0. The topological polar surface area (TPSA) is 55.5 Å². The van der Waals surface area contributed by atoms with Crippen molar-refractivity contribution in [2.45, 2.75) is 12.0 Å². The van der Waals surface area contributed by atoms with E-state index in [4.69, 9.17) is 15.6 Å². The smallest absolute Gasteiger partial charge is 0.122 e. The van der Waals surface area contributed by atoms with Gasteiger partial charge in [-0.05, 0) is 18.1 Å². The maximum atomic E-state index is 9.07. The first-order chi connectivity index (χ1) is 6.23. The SMILES string of the molecule is NC1(CO)COc2ccccc2C1. The van der Waals surface area contributed by atoms with Crippen LogP contribution in [-0.2, 0) is 6.42 Å². The minimum atomic E-state index is -0.603. The number of ether oxygens (including phenoxy) is 1. The zero-order chi connectivity index (χ0) is 9.31. The van der Waals surface area contributed by atoms with Gasteiger partial charge in [-0.25, -0.2) is 0 Å². The van der Waals surface area contributed by atoms with E-state index in [-0.39, 0.29) is 6.61 Å². The maximum Gasteiger partial charge on any atom is 0.122 e. The number of hydrogen-bond acceptors (Lipinski definition) is 3. The van der Waals surface area contributed by atoms with Crippen LogP contribution in [-0.4, -0.2) is 23.9 Å². The van der Waals surface area contributed by atoms with Crippen LogP contribution in [0.1, 0.15) is 5.56 Å². The molecule has 0 radical (unpaired) electrons. The summed E-state index contributed by atoms with van der Waals surface area (Å²) >= 11 is 0. The summed E-state index contributed by atoms with van der Waals surface area (Å²) < 4.78 is 5.44. The van der Waals surface area contributed by atoms with E-state index in [1.54, 1.807) is 0 Å². The van der Waals surface area contributed by atoms with Gasteiger partial charge in [-0.2, -0.15) is 0 Å². The molecule has 1 heterocycles. The molecule has 1 unspecified atom stereocenters. The fraction of sp³-hybridized carbons (Fsp3) is 0.400. The summed E-state index contributed by atoms with van der Waals surface area (Å²) in [5.74, 6) is 0.886. The fourth-order valence-corrected chi connectivity index (χ4v) is 1.54. The standard InChI is InChI=1S/C10H13NO2/c11-10(6-12)5-8-3-1-2-4-9(8)13-7-10/h1-4,12H,5-7,11H2. The first kappa shape index (κ1) is 8.53. The van der Waals surface area contributed by atoms with Crippen LogP contribution in [0.15, 0.2) is 24.3 Å². The van der Waals surface area contributed by atoms with Crippen molar-refractivity contribution in [1.29, 1.82) is 0 Å². The lowest BCUT2D eigenvalue weighted by Crippen LogP contribution is -2.53. The Labute approximate surface area is 77.1 Å². The van der Waals surface area contributed by atoms with Crippen LogP contribution in [0.3, 0.4) is 0 Å². The molecule has 1 atom stereocenters. The van der Waals surface area contributed by atoms with Gasteiger partial charge in [0.1, 0.15) is 12.4 Å². The highest BCUT2D eigenvalue weighted by atomic mass is 16.5. The normalized spacial score (nSPS) is 26.3. The van der Waals surface area contributed by atoms with Crippen molar-refractivity contribution in [2.24, 2.45) is 5.73 Å². The molecule has 70 valence electrons. The van der Waals surface area contributed by atoms with Crippen LogP contribution in [0.25, 0.3) is 0 Å². The van der Waals surface area contributed by atoms with Gasteiger partial charge in [-0.1, -0.05) is 18.2 Å². The first-order valence-corrected chi connectivity index (χ1v) is 4.34. The van der Waals surface area contributed by atoms with Crippen molar-refractivity contribution >= 4 is 0 Å². The quantitative estimate of drug-likeness (QED) is 0.652. The van der Waals surface area contributed by atoms with Gasteiger partial charge in [-0.15, -0.1) is 0 Å². The Hall–Kier alpha value is -1.06. The summed E-state index contributed by atoms with van der Waals surface area (Å²) in [7, 11) is 0. The number of rotatable bonds is 1. The number of fused-ring (bicyclic) bond motifs is 1. The third-order valence-electron chi connectivity index (χ3n) is 2.35. The van der Waals surface area contributed by atoms with Gasteiger partial charge in [-0.3, -0.25) is 0 Å². The lowest BCUT2D eigenvalue weighted by molar-refractivity contribution is 0.118. The summed E-state index contributed by atoms with van der Waals surface area (Å²) in [6.45, 7) is 0.349. The number of aliphatic hydroxyl groups is 1. The van der Waals surface area contributed by atoms with E-state index in [0.717, 1.165) is 11.3 Å². The highest BCUT2D eigenvalue weighted by Gasteiger charge is 2.30. The molecule has 3 N–H and O–H groups in total. The number of para-hydroxylation sites is 1. The van der Waals surface area contributed by atoms with Crippen LogP contribution in [0.4, 0.5) is 0 Å². The molecule has 0 bridgehead atoms. The Kier molecular flexibility index (Phi) is 1.98. The van der Waals surface area contributed by atoms with Gasteiger partial charge in [0.2, 0.25) is 0 Å². The molecule has 0 aliphatic carbocycles. The van der Waals surface area contributed by atoms with Gasteiger partial charge in [0.25, 0.3) is 0 Å². The second-order valence-corrected chi connectivity index (χ2v) is 3.59. The van der Waals surface area contributed by atoms with Gasteiger partial charge in [0.15, 0.2) is 0 Å². The molecule has 0 saturated carbocycles. The summed E-state index contributed by atoms with van der Waals surface area (Å²) in [5.41, 5.74) is 6.37. The summed E-state index contributed by atoms with van der Waals surface area (Å²) in [6, 6.07) is 7.78. The van der Waals surface area contributed by atoms with E-state index < -0.39 is 5.54 Å². The first-order valence-electron chi connectivity index (χ1n) is 4.34. The molecule has 0 spiro atoms. The van der Waals surface area contributed by atoms with E-state index in [2.05, 4.69) is 0 Å². The van der Waals surface area contributed by atoms with E-state index in [9.17, 15) is 0 Å². The molecule has 1 aliphatic heterocycles. The monoisotopic (exact) mass is 179 g/mol. The molecule has 0 amide bonds. The second-order valence-electron chi connectivity index (χ2n) is 3.59. The molecule has 1 aliphatic rings. The molecular formula is C10H13NO2. The molecule has 1 aromatic carbocycles. The zero-order valence-corrected chi connectivity index (χ0v) is 7.36. The predicted molar refractivity (Wildman–Crippen MR) is 49.6 cm³/mol. The van der Waals surface area contributed by atoms with Crippen LogP contribution < -0.4 is 10.5 Å². The van der Waals surface area contributed by atoms with Crippen LogP contribution in [0.5, 0.6) is 5.75 Å². The van der Waals surface area contributed by atoms with E-state index in [1.165, 1.54) is 0 Å². The van der Waals surface area contributed by atoms with Crippen molar-refractivity contribution < 1.29 is 9.84 Å². The van der Waals surface area contributed by atoms with Crippen molar-refractivity contribution in [3.63, 3.8) is 0 Å². The number of nitrogens with two attached hydrogens (primary N) is 1. The summed E-state index contributed by atoms with van der Waals surface area (Å²) in [6.07, 6.45) is 0.680. The molecule has 3 heteroatoms. The lowest BCUT2D eigenvalue weighted by Gasteiger charge is -2.32. The number of hydrogen-bond donors (Lipinski definition) is 2. The highest BCUT2D eigenvalue weighted by Crippen LogP contribution is 2.27. The Bertz CT molecular complexity index is 314. The Balaban J connectivity index is 2.29. The van der Waals surface area contributed by atoms with Gasteiger partial charge in [0, 0.05) is 0 Å². The van der Waals surface area contributed by atoms with Crippen molar-refractivity contribution in [2.75, 3.05) is 13.2 Å². The molecular weight excluding hydrogens is 166 g/mol. The summed E-state index contributed by atoms with van der Waals surface area (Å²) in [5, 5.41) is 9.07. The molecule has 0 saturated heterocycles. The van der Waals surface area contributed by atoms with Crippen molar-refractivity contribution in [1.82, 2.24) is 0 Å². The largest absolute Gasteiger partial charge is 0.491 e. The van der Waals surface area contributed by atoms with E-state index in [1.807, 2.05) is 24.3 Å². The average Bonchev–Trinajstić information content (AvgIpc) is 2.18. The molecule has 13 heavy (non-hydrogen) atoms. The minimum Gasteiger partial charge on any atom is -0.491 e. The van der Waals surface area contributed by atoms with Crippen molar-refractivity contribution in [3.05, 3.63) is 29.8 Å². The van der Waals surface area contributed by atoms with Gasteiger partial charge >= 0.3 is 0 Å². The van der Waals surface area contributed by atoms with Gasteiger partial charge < -0.3 is 15.6 Å². The van der Waals surface area contributed by atoms with Crippen LogP contribution in [0, 0.1) is 0 Å². The Morgan fingerprint density at radius 1 is 1.46 bits per heavy atom. The third kappa shape index (κ3) is 1.53. The number of benzene rings is 1. The Morgan fingerprint density at radius 2 is 2.23 bits per heavy atom. The number of aliphatic hydroxyl groups excluding tert-OH is 1. The van der Waals surface area contributed by atoms with E-state index in [0.29, 0.717) is 13.0 Å². The van der Waals surface area contributed by atoms with Crippen LogP contribution in [0.2, 0.25) is 0 Å². The third-order valence-corrected chi connectivity index (χ3v) is 2.35. The zero-order valence-electron chi connectivity index (χ0n) is 7.36. The molecule has 0 aromatic heterocycles. The molecule has 3 nitrogen and oxygen atoms in total. The highest BCUT2D eigenvalue weighted by molar-refractivity contribution is 5.36. The minimum absolute atomic E-state index is 0.0403. The fourth-order valence-electron chi connectivity index (χ4n) is 1.54. The van der Waals surface area contributed by atoms with E-state index >= 15 is 0 Å². The second kappa shape index (κ2) is 3.01. The van der Waals surface area contributed by atoms with Crippen molar-refractivity contribution in [3.8, 4) is 5.75 Å². The van der Waals surface area contributed by atoms with Crippen LogP contribution >= 0.6 is 0 Å². The average molecular weight is 179 g/mol. The predicted octanol–water partition coefficient (Wildman–Crippen LogP) is 0.311. The Morgan fingerprint density at radius 3 is 3.00 bits per heavy atom. The van der Waals surface area contributed by atoms with Gasteiger partial charge in [0.05, 0.1) is 12.1 Å². The molecule has 2 rings (SSSR count). The molecule has 0 fully saturated rings.